The number of hydrogen-bond donors (Lipinski definition) is 1. The number of likely N-dealkylation sites (tertiary alicyclic amines) is 1. The van der Waals surface area contributed by atoms with Crippen molar-refractivity contribution in [3.05, 3.63) is 67.5 Å². The van der Waals surface area contributed by atoms with E-state index < -0.39 is 65.0 Å². The van der Waals surface area contributed by atoms with Gasteiger partial charge in [0.2, 0.25) is 0 Å². The van der Waals surface area contributed by atoms with Crippen LogP contribution in [0, 0.1) is 22.7 Å². The summed E-state index contributed by atoms with van der Waals surface area (Å²) in [6, 6.07) is -0.918. The average molecular weight is 881 g/mol. The molecule has 60 heavy (non-hydrogen) atoms. The predicted octanol–water partition coefficient (Wildman–Crippen LogP) is 7.21. The minimum atomic E-state index is -4.76. The Morgan fingerprint density at radius 2 is 1.17 bits per heavy atom. The molecule has 4 aliphatic rings. The first-order valence-corrected chi connectivity index (χ1v) is 20.4. The molecule has 2 saturated carbocycles. The fourth-order valence-corrected chi connectivity index (χ4v) is 7.51. The summed E-state index contributed by atoms with van der Waals surface area (Å²) < 4.78 is 91.8. The number of hydrogen-bond acceptors (Lipinski definition) is 9. The van der Waals surface area contributed by atoms with Crippen molar-refractivity contribution in [2.75, 3.05) is 45.9 Å². The highest BCUT2D eigenvalue weighted by atomic mass is 35.5. The molecule has 11 nitrogen and oxygen atoms in total. The first kappa shape index (κ1) is 50.7. The van der Waals surface area contributed by atoms with Crippen LogP contribution in [0.25, 0.3) is 0 Å². The maximum absolute atomic E-state index is 13.6. The van der Waals surface area contributed by atoms with E-state index in [2.05, 4.69) is 10.2 Å². The molecule has 4 fully saturated rings. The fourth-order valence-electron chi connectivity index (χ4n) is 7.51. The lowest BCUT2D eigenvalue weighted by Crippen LogP contribution is -2.49. The molecule has 2 aliphatic carbocycles. The second-order valence-corrected chi connectivity index (χ2v) is 17.1. The van der Waals surface area contributed by atoms with Gasteiger partial charge in [0.15, 0.2) is 0 Å². The van der Waals surface area contributed by atoms with Crippen LogP contribution in [0.3, 0.4) is 0 Å². The number of rotatable bonds is 15. The standard InChI is InChI=1S/C21H29F3N2O3.C16H20F3NO4.C5H9N.ClH/c1-4-29-19(28)17(9-14(2)3)26-11-15(16(10-18(26)27)21(22,23)24)5-8-25-12-20(13-25)6-7-20;1-4-24-15(23)13(7-10(2)3)20-9-11(5-6-21)12(8-14(20)22)16(17,18)19;1-2-5(1)3-6-4-5;/h10-11,14,17H,4-9,12-13H2,1-3H3;6,8-10,13H,4-5,7H2,1-3H3;6H,1-4H2;1H. The van der Waals surface area contributed by atoms with Gasteiger partial charge in [-0.3, -0.25) is 9.59 Å². The lowest BCUT2D eigenvalue weighted by molar-refractivity contribution is -0.148. The smallest absolute Gasteiger partial charge is 0.416 e. The average Bonchev–Trinajstić information content (AvgIpc) is 4.04. The van der Waals surface area contributed by atoms with Crippen LogP contribution < -0.4 is 16.4 Å². The Kier molecular flexibility index (Phi) is 17.7. The molecular weight excluding hydrogens is 822 g/mol. The van der Waals surface area contributed by atoms with Crippen LogP contribution >= 0.6 is 12.4 Å². The lowest BCUT2D eigenvalue weighted by atomic mass is 9.95. The molecule has 2 atom stereocenters. The summed E-state index contributed by atoms with van der Waals surface area (Å²) in [5.41, 5.74) is -2.88. The number of ether oxygens (including phenoxy) is 2. The maximum atomic E-state index is 13.6. The van der Waals surface area contributed by atoms with Crippen molar-refractivity contribution in [1.29, 1.82) is 0 Å². The number of carbonyl (C=O) groups excluding carboxylic acids is 3. The van der Waals surface area contributed by atoms with Gasteiger partial charge in [0.25, 0.3) is 11.1 Å². The highest BCUT2D eigenvalue weighted by Gasteiger charge is 2.52. The van der Waals surface area contributed by atoms with Gasteiger partial charge in [-0.25, -0.2) is 9.59 Å². The molecule has 2 aromatic heterocycles. The third-order valence-corrected chi connectivity index (χ3v) is 11.1. The third kappa shape index (κ3) is 13.7. The van der Waals surface area contributed by atoms with Gasteiger partial charge in [-0.05, 0) is 92.6 Å². The number of halogens is 7. The number of alkyl halides is 6. The Hall–Kier alpha value is -3.70. The van der Waals surface area contributed by atoms with E-state index in [1.165, 1.54) is 45.0 Å². The SMILES string of the molecule is C1CC12CNC2.CCOC(=O)C(CC(C)C)n1cc(CC=O)c(C(F)(F)F)cc1=O.CCOC(=O)C(CC(C)C)n1cc(CCN2CC3(CC3)C2)c(C(F)(F)F)cc1=O.Cl. The van der Waals surface area contributed by atoms with E-state index in [-0.39, 0.29) is 61.4 Å². The summed E-state index contributed by atoms with van der Waals surface area (Å²) in [5.74, 6) is -1.21. The zero-order valence-electron chi connectivity index (χ0n) is 35.2. The van der Waals surface area contributed by atoms with E-state index in [9.17, 15) is 50.3 Å². The molecule has 4 heterocycles. The van der Waals surface area contributed by atoms with Crippen LogP contribution in [0.2, 0.25) is 0 Å². The van der Waals surface area contributed by atoms with Gasteiger partial charge in [0.05, 0.1) is 24.3 Å². The molecule has 338 valence electrons. The van der Waals surface area contributed by atoms with Crippen LogP contribution in [0.4, 0.5) is 26.3 Å². The summed E-state index contributed by atoms with van der Waals surface area (Å²) >= 11 is 0. The highest BCUT2D eigenvalue weighted by molar-refractivity contribution is 5.85. The third-order valence-electron chi connectivity index (χ3n) is 11.1. The molecule has 0 bridgehead atoms. The molecule has 0 aromatic carbocycles. The van der Waals surface area contributed by atoms with Crippen molar-refractivity contribution in [3.63, 3.8) is 0 Å². The van der Waals surface area contributed by atoms with E-state index in [4.69, 9.17) is 9.47 Å². The first-order valence-electron chi connectivity index (χ1n) is 20.4. The largest absolute Gasteiger partial charge is 0.464 e. The van der Waals surface area contributed by atoms with Gasteiger partial charge >= 0.3 is 24.3 Å². The summed E-state index contributed by atoms with van der Waals surface area (Å²) in [6.45, 7) is 15.9. The number of esters is 2. The van der Waals surface area contributed by atoms with Crippen LogP contribution in [-0.2, 0) is 49.1 Å². The van der Waals surface area contributed by atoms with E-state index in [0.29, 0.717) is 36.8 Å². The molecular formula is C42H59ClF6N4O7. The van der Waals surface area contributed by atoms with E-state index >= 15 is 0 Å². The van der Waals surface area contributed by atoms with Gasteiger partial charge in [0.1, 0.15) is 18.4 Å². The lowest BCUT2D eigenvalue weighted by Gasteiger charge is -2.40. The number of aldehydes is 1. The zero-order chi connectivity index (χ0) is 43.9. The molecule has 2 unspecified atom stereocenters. The number of pyridine rings is 2. The van der Waals surface area contributed by atoms with Crippen LogP contribution in [0.1, 0.15) is 114 Å². The quantitative estimate of drug-likeness (QED) is 0.112. The van der Waals surface area contributed by atoms with Crippen molar-refractivity contribution >= 4 is 30.6 Å². The monoisotopic (exact) mass is 880 g/mol. The van der Waals surface area contributed by atoms with Crippen molar-refractivity contribution in [2.45, 2.75) is 117 Å². The molecule has 0 radical (unpaired) electrons. The maximum Gasteiger partial charge on any atom is 0.416 e. The minimum Gasteiger partial charge on any atom is -0.464 e. The number of nitrogens with one attached hydrogen (secondary N) is 1. The molecule has 18 heteroatoms. The molecule has 2 spiro atoms. The minimum absolute atomic E-state index is 0. The number of carbonyl (C=O) groups is 3. The Bertz CT molecular complexity index is 1890. The Morgan fingerprint density at radius 3 is 1.48 bits per heavy atom. The normalized spacial score (nSPS) is 18.1. The molecule has 2 aliphatic heterocycles. The Morgan fingerprint density at radius 1 is 0.750 bits per heavy atom. The van der Waals surface area contributed by atoms with Crippen molar-refractivity contribution < 1.29 is 50.2 Å². The topological polar surface area (TPSA) is 129 Å². The second-order valence-electron chi connectivity index (χ2n) is 17.1. The van der Waals surface area contributed by atoms with E-state index in [1.807, 2.05) is 27.7 Å². The Labute approximate surface area is 353 Å². The van der Waals surface area contributed by atoms with E-state index in [0.717, 1.165) is 33.8 Å². The molecule has 1 N–H and O–H groups in total. The first-order chi connectivity index (χ1) is 27.6. The second kappa shape index (κ2) is 20.9. The number of nitrogens with zero attached hydrogens (tertiary/aromatic N) is 3. The van der Waals surface area contributed by atoms with Crippen molar-refractivity contribution in [2.24, 2.45) is 22.7 Å². The van der Waals surface area contributed by atoms with Crippen LogP contribution in [0.15, 0.2) is 34.1 Å². The number of aromatic nitrogens is 2. The van der Waals surface area contributed by atoms with E-state index in [1.54, 1.807) is 13.8 Å². The van der Waals surface area contributed by atoms with Crippen LogP contribution in [0.5, 0.6) is 0 Å². The van der Waals surface area contributed by atoms with Gasteiger partial charge in [0, 0.05) is 63.7 Å². The summed E-state index contributed by atoms with van der Waals surface area (Å²) in [5, 5.41) is 3.26. The predicted molar refractivity (Wildman–Crippen MR) is 215 cm³/mol. The van der Waals surface area contributed by atoms with Gasteiger partial charge in [-0.2, -0.15) is 26.3 Å². The summed E-state index contributed by atoms with van der Waals surface area (Å²) in [6.07, 6.45) is -1.26. The molecule has 2 aromatic rings. The molecule has 0 amide bonds. The fraction of sp³-hybridized carbons (Fsp3) is 0.690. The summed E-state index contributed by atoms with van der Waals surface area (Å²) in [7, 11) is 0. The van der Waals surface area contributed by atoms with Crippen LogP contribution in [-0.4, -0.2) is 78.2 Å². The van der Waals surface area contributed by atoms with Gasteiger partial charge in [-0.1, -0.05) is 27.7 Å². The van der Waals surface area contributed by atoms with Crippen molar-refractivity contribution in [1.82, 2.24) is 19.4 Å². The van der Waals surface area contributed by atoms with Gasteiger partial charge < -0.3 is 33.6 Å². The molecule has 2 saturated heterocycles. The molecule has 6 rings (SSSR count). The zero-order valence-corrected chi connectivity index (χ0v) is 36.0. The Balaban J connectivity index is 0.000000278. The van der Waals surface area contributed by atoms with Crippen molar-refractivity contribution in [3.8, 4) is 0 Å². The highest BCUT2D eigenvalue weighted by Crippen LogP contribution is 2.52. The van der Waals surface area contributed by atoms with Gasteiger partial charge in [-0.15, -0.1) is 12.4 Å². The summed E-state index contributed by atoms with van der Waals surface area (Å²) in [4.78, 5) is 62.0.